The van der Waals surface area contributed by atoms with Crippen LogP contribution in [-0.4, -0.2) is 50.8 Å². The molecule has 0 bridgehead atoms. The Morgan fingerprint density at radius 1 is 1.33 bits per heavy atom. The van der Waals surface area contributed by atoms with Gasteiger partial charge in [-0.25, -0.2) is 18.4 Å². The van der Waals surface area contributed by atoms with Gasteiger partial charge in [0, 0.05) is 16.4 Å². The minimum absolute atomic E-state index is 0.264. The molecule has 1 saturated carbocycles. The molecule has 0 aliphatic heterocycles. The Kier molecular flexibility index (Phi) is 4.66. The molecule has 108 valence electrons. The highest BCUT2D eigenvalue weighted by molar-refractivity contribution is 8.32. The molecular formula is C11H21ClO4S2. The third kappa shape index (κ3) is 4.31. The maximum atomic E-state index is 11.9. The number of halogens is 1. The van der Waals surface area contributed by atoms with E-state index in [-0.39, 0.29) is 18.8 Å². The van der Waals surface area contributed by atoms with Crippen molar-refractivity contribution in [2.24, 2.45) is 5.41 Å². The smallest absolute Gasteiger partial charge is 0.311 e. The zero-order valence-electron chi connectivity index (χ0n) is 11.2. The van der Waals surface area contributed by atoms with E-state index in [1.165, 1.54) is 0 Å². The molecule has 0 spiro atoms. The highest BCUT2D eigenvalue weighted by atomic mass is 35.7. The quantitative estimate of drug-likeness (QED) is 0.574. The molecule has 1 fully saturated rings. The van der Waals surface area contributed by atoms with Crippen molar-refractivity contribution in [1.29, 1.82) is 0 Å². The Morgan fingerprint density at radius 3 is 2.22 bits per heavy atom. The third-order valence-corrected chi connectivity index (χ3v) is 6.45. The van der Waals surface area contributed by atoms with Crippen LogP contribution < -0.4 is 0 Å². The summed E-state index contributed by atoms with van der Waals surface area (Å²) in [5.41, 5.74) is -0.681. The average Bonchev–Trinajstić information content (AvgIpc) is 2.08. The van der Waals surface area contributed by atoms with Crippen LogP contribution in [0, 0.1) is 5.41 Å². The van der Waals surface area contributed by atoms with E-state index >= 15 is 0 Å². The second kappa shape index (κ2) is 5.21. The van der Waals surface area contributed by atoms with Crippen LogP contribution in [0.25, 0.3) is 0 Å². The van der Waals surface area contributed by atoms with E-state index in [9.17, 15) is 13.2 Å². The van der Waals surface area contributed by atoms with Crippen LogP contribution in [0.2, 0.25) is 0 Å². The normalized spacial score (nSPS) is 29.5. The van der Waals surface area contributed by atoms with Crippen molar-refractivity contribution < 1.29 is 17.9 Å². The number of carbonyl (C=O) groups excluding carboxylic acids is 1. The molecule has 7 heteroatoms. The lowest BCUT2D eigenvalue weighted by Gasteiger charge is -2.41. The summed E-state index contributed by atoms with van der Waals surface area (Å²) in [6.45, 7) is 2.14. The molecule has 1 aliphatic carbocycles. The fourth-order valence-corrected chi connectivity index (χ4v) is 3.96. The van der Waals surface area contributed by atoms with Crippen molar-refractivity contribution in [2.75, 3.05) is 31.1 Å². The first-order chi connectivity index (χ1) is 7.94. The lowest BCUT2D eigenvalue weighted by molar-refractivity contribution is -0.159. The van der Waals surface area contributed by atoms with Gasteiger partial charge in [0.15, 0.2) is 0 Å². The summed E-state index contributed by atoms with van der Waals surface area (Å²) in [5.74, 6) is 0.564. The molecule has 0 unspecified atom stereocenters. The van der Waals surface area contributed by atoms with E-state index in [0.29, 0.717) is 6.61 Å². The van der Waals surface area contributed by atoms with E-state index in [4.69, 9.17) is 15.4 Å². The first-order valence-corrected chi connectivity index (χ1v) is 11.1. The van der Waals surface area contributed by atoms with E-state index in [2.05, 4.69) is 18.8 Å². The van der Waals surface area contributed by atoms with Gasteiger partial charge < -0.3 is 4.74 Å². The molecule has 18 heavy (non-hydrogen) atoms. The van der Waals surface area contributed by atoms with Gasteiger partial charge in [0.2, 0.25) is 9.05 Å². The van der Waals surface area contributed by atoms with Gasteiger partial charge in [-0.05, 0) is 38.5 Å². The van der Waals surface area contributed by atoms with Crippen LogP contribution in [0.4, 0.5) is 0 Å². The second-order valence-corrected chi connectivity index (χ2v) is 13.5. The van der Waals surface area contributed by atoms with E-state index < -0.39 is 29.7 Å². The van der Waals surface area contributed by atoms with Crippen molar-refractivity contribution >= 4 is 35.7 Å². The van der Waals surface area contributed by atoms with Gasteiger partial charge in [-0.1, -0.05) is 0 Å². The Labute approximate surface area is 115 Å². The van der Waals surface area contributed by atoms with Gasteiger partial charge in [-0.3, -0.25) is 4.79 Å². The molecule has 0 N–H and O–H groups in total. The zero-order chi connectivity index (χ0) is 14.2. The Bertz CT molecular complexity index is 419. The van der Waals surface area contributed by atoms with Crippen LogP contribution in [0.15, 0.2) is 0 Å². The van der Waals surface area contributed by atoms with Gasteiger partial charge in [0.1, 0.15) is 0 Å². The molecule has 0 saturated heterocycles. The summed E-state index contributed by atoms with van der Waals surface area (Å²) < 4.78 is 27.4. The van der Waals surface area contributed by atoms with Crippen LogP contribution in [-0.2, 0) is 18.6 Å². The van der Waals surface area contributed by atoms with E-state index in [0.717, 1.165) is 5.75 Å². The van der Waals surface area contributed by atoms with E-state index in [1.54, 1.807) is 6.92 Å². The lowest BCUT2D eigenvalue weighted by atomic mass is 9.70. The minimum Gasteiger partial charge on any atom is -0.464 e. The predicted molar refractivity (Wildman–Crippen MR) is 77.1 cm³/mol. The molecule has 1 rings (SSSR count). The minimum atomic E-state index is -3.55. The molecule has 0 aromatic carbocycles. The van der Waals surface area contributed by atoms with Gasteiger partial charge >= 0.3 is 5.97 Å². The van der Waals surface area contributed by atoms with E-state index in [1.807, 2.05) is 0 Å². The van der Waals surface area contributed by atoms with Crippen molar-refractivity contribution in [1.82, 2.24) is 0 Å². The van der Waals surface area contributed by atoms with Gasteiger partial charge in [0.05, 0.1) is 17.3 Å². The molecule has 1 aliphatic rings. The van der Waals surface area contributed by atoms with Gasteiger partial charge in [-0.2, -0.15) is 0 Å². The van der Waals surface area contributed by atoms with Crippen molar-refractivity contribution in [2.45, 2.75) is 25.0 Å². The molecular weight excluding hydrogens is 296 g/mol. The number of hydrogen-bond donors (Lipinski definition) is 0. The van der Waals surface area contributed by atoms with Crippen molar-refractivity contribution in [3.8, 4) is 0 Å². The summed E-state index contributed by atoms with van der Waals surface area (Å²) >= 11 is 0. The zero-order valence-corrected chi connectivity index (χ0v) is 13.6. The molecule has 0 radical (unpaired) electrons. The van der Waals surface area contributed by atoms with Crippen LogP contribution in [0.3, 0.4) is 0 Å². The summed E-state index contributed by atoms with van der Waals surface area (Å²) in [6, 6.07) is 0. The first kappa shape index (κ1) is 16.1. The number of esters is 1. The Hall–Kier alpha value is 0.0600. The monoisotopic (exact) mass is 316 g/mol. The summed E-state index contributed by atoms with van der Waals surface area (Å²) in [5, 5.41) is -0.607. The topological polar surface area (TPSA) is 60.4 Å². The second-order valence-electron chi connectivity index (χ2n) is 6.00. The lowest BCUT2D eigenvalue weighted by Crippen LogP contribution is -2.48. The van der Waals surface area contributed by atoms with Crippen LogP contribution in [0.1, 0.15) is 19.8 Å². The maximum absolute atomic E-state index is 11.9. The Morgan fingerprint density at radius 2 is 1.83 bits per heavy atom. The molecule has 0 aromatic heterocycles. The fraction of sp³-hybridized carbons (Fsp3) is 0.909. The largest absolute Gasteiger partial charge is 0.464 e. The van der Waals surface area contributed by atoms with Crippen molar-refractivity contribution in [3.05, 3.63) is 0 Å². The van der Waals surface area contributed by atoms with Gasteiger partial charge in [0.25, 0.3) is 0 Å². The fourth-order valence-electron chi connectivity index (χ4n) is 1.87. The third-order valence-electron chi connectivity index (χ3n) is 3.18. The number of rotatable bonds is 5. The van der Waals surface area contributed by atoms with Crippen molar-refractivity contribution in [3.63, 3.8) is 0 Å². The number of ether oxygens (including phenoxy) is 1. The predicted octanol–water partition coefficient (Wildman–Crippen LogP) is 1.96. The molecule has 0 heterocycles. The first-order valence-electron chi connectivity index (χ1n) is 5.71. The Balaban J connectivity index is 2.41. The van der Waals surface area contributed by atoms with Gasteiger partial charge in [-0.15, -0.1) is 0 Å². The maximum Gasteiger partial charge on any atom is 0.311 e. The molecule has 4 nitrogen and oxygen atoms in total. The molecule has 0 atom stereocenters. The molecule has 0 amide bonds. The summed E-state index contributed by atoms with van der Waals surface area (Å²) in [7, 11) is 1.03. The average molecular weight is 317 g/mol. The number of hydrogen-bond acceptors (Lipinski definition) is 4. The van der Waals surface area contributed by atoms with Crippen LogP contribution in [0.5, 0.6) is 0 Å². The van der Waals surface area contributed by atoms with Crippen LogP contribution >= 0.6 is 20.7 Å². The summed E-state index contributed by atoms with van der Waals surface area (Å²) in [4.78, 5) is 11.9. The highest BCUT2D eigenvalue weighted by Crippen LogP contribution is 2.46. The highest BCUT2D eigenvalue weighted by Gasteiger charge is 2.52. The summed E-state index contributed by atoms with van der Waals surface area (Å²) in [6.07, 6.45) is 6.99. The SMILES string of the molecule is CC1(C(=O)OCCS(C)(C)C)CC(S(=O)(=O)Cl)C1. The molecule has 0 aromatic rings. The standard InChI is InChI=1S/C11H21ClO4S2/c1-11(7-9(8-11)18(12,14)15)10(13)16-5-6-17(2,3)4/h9H,5-8H2,1-4H3. The number of carbonyl (C=O) groups is 1.